The molecule has 0 fully saturated rings. The van der Waals surface area contributed by atoms with Crippen molar-refractivity contribution in [1.82, 2.24) is 0 Å². The Labute approximate surface area is 130 Å². The van der Waals surface area contributed by atoms with Crippen molar-refractivity contribution in [2.45, 2.75) is 11.9 Å². The highest BCUT2D eigenvalue weighted by molar-refractivity contribution is 7.84. The molecule has 20 heavy (non-hydrogen) atoms. The van der Waals surface area contributed by atoms with Crippen molar-refractivity contribution in [3.63, 3.8) is 0 Å². The van der Waals surface area contributed by atoms with Gasteiger partial charge in [0.15, 0.2) is 0 Å². The minimum absolute atomic E-state index is 0.199. The fourth-order valence-electron chi connectivity index (χ4n) is 1.78. The van der Waals surface area contributed by atoms with Gasteiger partial charge in [0, 0.05) is 26.6 Å². The van der Waals surface area contributed by atoms with Crippen molar-refractivity contribution in [2.24, 2.45) is 0 Å². The highest BCUT2D eigenvalue weighted by Crippen LogP contribution is 2.18. The molecular formula is C15H14Cl2O2S. The maximum atomic E-state index is 12.0. The molecule has 0 saturated heterocycles. The average molecular weight is 329 g/mol. The summed E-state index contributed by atoms with van der Waals surface area (Å²) >= 11 is 11.6. The summed E-state index contributed by atoms with van der Waals surface area (Å²) < 4.78 is 12.0. The number of rotatable bonds is 5. The van der Waals surface area contributed by atoms with Gasteiger partial charge < -0.3 is 5.11 Å². The molecule has 0 aromatic heterocycles. The van der Waals surface area contributed by atoms with Gasteiger partial charge in [-0.1, -0.05) is 47.5 Å². The lowest BCUT2D eigenvalue weighted by Gasteiger charge is -2.11. The second-order valence-corrected chi connectivity index (χ2v) is 6.82. The van der Waals surface area contributed by atoms with Crippen LogP contribution in [0.4, 0.5) is 0 Å². The molecule has 2 atom stereocenters. The van der Waals surface area contributed by atoms with E-state index < -0.39 is 16.9 Å². The summed E-state index contributed by atoms with van der Waals surface area (Å²) in [4.78, 5) is 0. The zero-order chi connectivity index (χ0) is 14.5. The van der Waals surface area contributed by atoms with E-state index in [1.165, 1.54) is 0 Å². The van der Waals surface area contributed by atoms with Crippen LogP contribution in [0.3, 0.4) is 0 Å². The smallest absolute Gasteiger partial charge is 0.0905 e. The van der Waals surface area contributed by atoms with Crippen LogP contribution < -0.4 is 0 Å². The number of halogens is 2. The Bertz CT molecular complexity index is 582. The first-order chi connectivity index (χ1) is 9.54. The van der Waals surface area contributed by atoms with Crippen LogP contribution in [0.2, 0.25) is 10.0 Å². The first-order valence-corrected chi connectivity index (χ1v) is 8.32. The normalized spacial score (nSPS) is 13.9. The molecule has 2 aromatic carbocycles. The maximum Gasteiger partial charge on any atom is 0.0905 e. The summed E-state index contributed by atoms with van der Waals surface area (Å²) in [7, 11) is -1.14. The van der Waals surface area contributed by atoms with Gasteiger partial charge in [0.05, 0.1) is 11.9 Å². The van der Waals surface area contributed by atoms with Gasteiger partial charge >= 0.3 is 0 Å². The maximum absolute atomic E-state index is 12.0. The van der Waals surface area contributed by atoms with Crippen molar-refractivity contribution in [3.05, 3.63) is 69.7 Å². The fourth-order valence-corrected chi connectivity index (χ4v) is 3.26. The van der Waals surface area contributed by atoms with E-state index >= 15 is 0 Å². The van der Waals surface area contributed by atoms with Crippen molar-refractivity contribution >= 4 is 34.0 Å². The molecule has 0 bridgehead atoms. The molecule has 1 N–H and O–H groups in total. The Hall–Kier alpha value is -0.870. The van der Waals surface area contributed by atoms with E-state index in [9.17, 15) is 9.32 Å². The molecule has 2 nitrogen and oxygen atoms in total. The third kappa shape index (κ3) is 4.60. The van der Waals surface area contributed by atoms with Crippen LogP contribution in [0, 0.1) is 0 Å². The lowest BCUT2D eigenvalue weighted by molar-refractivity contribution is 0.203. The Morgan fingerprint density at radius 3 is 2.00 bits per heavy atom. The van der Waals surface area contributed by atoms with E-state index in [1.54, 1.807) is 36.4 Å². The molecule has 0 aliphatic rings. The largest absolute Gasteiger partial charge is 0.387 e. The topological polar surface area (TPSA) is 37.3 Å². The van der Waals surface area contributed by atoms with Crippen LogP contribution >= 0.6 is 23.2 Å². The zero-order valence-corrected chi connectivity index (χ0v) is 13.0. The average Bonchev–Trinajstić information content (AvgIpc) is 2.42. The molecule has 5 heteroatoms. The molecule has 0 amide bonds. The summed E-state index contributed by atoms with van der Waals surface area (Å²) in [5.74, 6) is 0.603. The van der Waals surface area contributed by atoms with Crippen molar-refractivity contribution in [2.75, 3.05) is 5.75 Å². The summed E-state index contributed by atoms with van der Waals surface area (Å²) in [6.45, 7) is 0. The van der Waals surface area contributed by atoms with Gasteiger partial charge in [-0.05, 0) is 35.4 Å². The van der Waals surface area contributed by atoms with Crippen LogP contribution in [0.5, 0.6) is 0 Å². The van der Waals surface area contributed by atoms with Crippen LogP contribution in [-0.4, -0.2) is 15.1 Å². The van der Waals surface area contributed by atoms with Crippen molar-refractivity contribution in [3.8, 4) is 0 Å². The van der Waals surface area contributed by atoms with Crippen LogP contribution in [-0.2, 0) is 16.6 Å². The van der Waals surface area contributed by atoms with Crippen LogP contribution in [0.15, 0.2) is 48.5 Å². The lowest BCUT2D eigenvalue weighted by atomic mass is 10.1. The lowest BCUT2D eigenvalue weighted by Crippen LogP contribution is -2.10. The third-order valence-electron chi connectivity index (χ3n) is 2.84. The molecule has 106 valence electrons. The summed E-state index contributed by atoms with van der Waals surface area (Å²) in [6, 6.07) is 14.1. The number of aliphatic hydroxyl groups excluding tert-OH is 1. The van der Waals surface area contributed by atoms with Gasteiger partial charge in [-0.3, -0.25) is 4.21 Å². The SMILES string of the molecule is O=S(Cc1ccc(Cl)cc1)CC(O)c1ccc(Cl)cc1. The molecule has 2 unspecified atom stereocenters. The molecule has 2 aromatic rings. The first-order valence-electron chi connectivity index (χ1n) is 6.07. The summed E-state index contributed by atoms with van der Waals surface area (Å²) in [6.07, 6.45) is -0.750. The number of benzene rings is 2. The van der Waals surface area contributed by atoms with Gasteiger partial charge in [-0.2, -0.15) is 0 Å². The first kappa shape index (κ1) is 15.5. The minimum atomic E-state index is -1.14. The Morgan fingerprint density at radius 2 is 1.45 bits per heavy atom. The zero-order valence-electron chi connectivity index (χ0n) is 10.6. The van der Waals surface area contributed by atoms with Gasteiger partial charge in [0.1, 0.15) is 0 Å². The highest BCUT2D eigenvalue weighted by atomic mass is 35.5. The van der Waals surface area contributed by atoms with E-state index in [4.69, 9.17) is 23.2 Å². The molecule has 0 aliphatic carbocycles. The Balaban J connectivity index is 1.93. The standard InChI is InChI=1S/C15H14Cl2O2S/c16-13-5-1-11(2-6-13)9-20(19)10-15(18)12-3-7-14(17)8-4-12/h1-8,15,18H,9-10H2. The number of aliphatic hydroxyl groups is 1. The fraction of sp³-hybridized carbons (Fsp3) is 0.200. The Kier molecular flexibility index (Phi) is 5.61. The highest BCUT2D eigenvalue weighted by Gasteiger charge is 2.12. The number of hydrogen-bond donors (Lipinski definition) is 1. The van der Waals surface area contributed by atoms with E-state index in [0.29, 0.717) is 15.8 Å². The van der Waals surface area contributed by atoms with Gasteiger partial charge in [0.25, 0.3) is 0 Å². The van der Waals surface area contributed by atoms with E-state index in [2.05, 4.69) is 0 Å². The molecule has 0 spiro atoms. The van der Waals surface area contributed by atoms with Crippen LogP contribution in [0.1, 0.15) is 17.2 Å². The molecule has 2 rings (SSSR count). The molecule has 0 radical (unpaired) electrons. The predicted octanol–water partition coefficient (Wildman–Crippen LogP) is 3.98. The van der Waals surface area contributed by atoms with Gasteiger partial charge in [0.2, 0.25) is 0 Å². The van der Waals surface area contributed by atoms with E-state index in [0.717, 1.165) is 11.1 Å². The number of hydrogen-bond acceptors (Lipinski definition) is 2. The van der Waals surface area contributed by atoms with Gasteiger partial charge in [-0.15, -0.1) is 0 Å². The minimum Gasteiger partial charge on any atom is -0.387 e. The predicted molar refractivity (Wildman–Crippen MR) is 84.6 cm³/mol. The molecule has 0 saturated carbocycles. The van der Waals surface area contributed by atoms with E-state index in [-0.39, 0.29) is 5.75 Å². The van der Waals surface area contributed by atoms with Crippen molar-refractivity contribution < 1.29 is 9.32 Å². The monoisotopic (exact) mass is 328 g/mol. The second-order valence-electron chi connectivity index (χ2n) is 4.44. The van der Waals surface area contributed by atoms with E-state index in [1.807, 2.05) is 12.1 Å². The molecular weight excluding hydrogens is 315 g/mol. The summed E-state index contributed by atoms with van der Waals surface area (Å²) in [5.41, 5.74) is 1.66. The Morgan fingerprint density at radius 1 is 0.950 bits per heavy atom. The molecule has 0 aliphatic heterocycles. The second kappa shape index (κ2) is 7.23. The quantitative estimate of drug-likeness (QED) is 0.901. The van der Waals surface area contributed by atoms with Crippen LogP contribution in [0.25, 0.3) is 0 Å². The van der Waals surface area contributed by atoms with Crippen molar-refractivity contribution in [1.29, 1.82) is 0 Å². The third-order valence-corrected chi connectivity index (χ3v) is 4.69. The van der Waals surface area contributed by atoms with Gasteiger partial charge in [-0.25, -0.2) is 0 Å². The summed E-state index contributed by atoms with van der Waals surface area (Å²) in [5, 5.41) is 11.3. The molecule has 0 heterocycles.